The molecular formula is C23H26O. The number of phenolic OH excluding ortho intramolecular Hbond substituents is 1. The van der Waals surface area contributed by atoms with Gasteiger partial charge < -0.3 is 5.11 Å². The van der Waals surface area contributed by atoms with E-state index in [0.29, 0.717) is 11.7 Å². The lowest BCUT2D eigenvalue weighted by molar-refractivity contribution is 0.477. The van der Waals surface area contributed by atoms with Crippen molar-refractivity contribution >= 4 is 0 Å². The number of aryl methyl sites for hydroxylation is 2. The van der Waals surface area contributed by atoms with Crippen molar-refractivity contribution in [3.8, 4) is 16.9 Å². The van der Waals surface area contributed by atoms with Gasteiger partial charge in [-0.15, -0.1) is 0 Å². The molecule has 0 saturated heterocycles. The molecule has 124 valence electrons. The summed E-state index contributed by atoms with van der Waals surface area (Å²) < 4.78 is 0. The molecule has 1 aliphatic rings. The fourth-order valence-electron chi connectivity index (χ4n) is 3.85. The van der Waals surface area contributed by atoms with Gasteiger partial charge in [0, 0.05) is 11.5 Å². The lowest BCUT2D eigenvalue weighted by atomic mass is 9.83. The molecule has 0 bridgehead atoms. The molecule has 0 aliphatic heterocycles. The number of allylic oxidation sites excluding steroid dienone is 4. The third-order valence-corrected chi connectivity index (χ3v) is 5.57. The molecule has 2 aromatic carbocycles. The van der Waals surface area contributed by atoms with Crippen LogP contribution < -0.4 is 0 Å². The summed E-state index contributed by atoms with van der Waals surface area (Å²) in [6.07, 6.45) is 0. The minimum Gasteiger partial charge on any atom is -0.507 e. The van der Waals surface area contributed by atoms with Crippen molar-refractivity contribution in [2.75, 3.05) is 0 Å². The highest BCUT2D eigenvalue weighted by Crippen LogP contribution is 2.47. The van der Waals surface area contributed by atoms with Crippen LogP contribution in [-0.4, -0.2) is 5.11 Å². The Morgan fingerprint density at radius 3 is 1.83 bits per heavy atom. The lowest BCUT2D eigenvalue weighted by Crippen LogP contribution is -2.03. The van der Waals surface area contributed by atoms with Gasteiger partial charge in [0.1, 0.15) is 5.75 Å². The van der Waals surface area contributed by atoms with Crippen LogP contribution in [0.2, 0.25) is 0 Å². The number of rotatable bonds is 2. The predicted molar refractivity (Wildman–Crippen MR) is 103 cm³/mol. The van der Waals surface area contributed by atoms with Gasteiger partial charge in [-0.3, -0.25) is 0 Å². The van der Waals surface area contributed by atoms with Crippen LogP contribution in [0.1, 0.15) is 50.3 Å². The van der Waals surface area contributed by atoms with Crippen molar-refractivity contribution in [1.29, 1.82) is 0 Å². The standard InChI is InChI=1S/C23H26O/c1-13-7-9-19(20-11-14(2)8-10-22(20)24)21(12-13)23-17(5)15(3)16(4)18(23)6/h7-12,23-24H,1-6H3. The smallest absolute Gasteiger partial charge is 0.123 e. The van der Waals surface area contributed by atoms with Gasteiger partial charge in [0.25, 0.3) is 0 Å². The maximum Gasteiger partial charge on any atom is 0.123 e. The molecule has 0 amide bonds. The first kappa shape index (κ1) is 16.6. The first-order chi connectivity index (χ1) is 11.3. The number of hydrogen-bond acceptors (Lipinski definition) is 1. The molecule has 0 saturated carbocycles. The molecule has 1 heteroatoms. The van der Waals surface area contributed by atoms with Crippen LogP contribution in [0.5, 0.6) is 5.75 Å². The quantitative estimate of drug-likeness (QED) is 0.675. The Hall–Kier alpha value is -2.28. The van der Waals surface area contributed by atoms with Crippen molar-refractivity contribution in [2.24, 2.45) is 0 Å². The number of phenols is 1. The average molecular weight is 318 g/mol. The minimum absolute atomic E-state index is 0.305. The third kappa shape index (κ3) is 2.58. The number of aromatic hydroxyl groups is 1. The Balaban J connectivity index is 2.27. The summed E-state index contributed by atoms with van der Waals surface area (Å²) >= 11 is 0. The highest BCUT2D eigenvalue weighted by molar-refractivity contribution is 5.76. The normalized spacial score (nSPS) is 15.6. The highest BCUT2D eigenvalue weighted by atomic mass is 16.3. The molecule has 3 rings (SSSR count). The molecule has 0 radical (unpaired) electrons. The summed E-state index contributed by atoms with van der Waals surface area (Å²) in [7, 11) is 0. The second-order valence-electron chi connectivity index (χ2n) is 7.16. The van der Waals surface area contributed by atoms with Gasteiger partial charge in [-0.2, -0.15) is 0 Å². The lowest BCUT2D eigenvalue weighted by Gasteiger charge is -2.21. The molecule has 0 heterocycles. The van der Waals surface area contributed by atoms with E-state index in [2.05, 4.69) is 65.8 Å². The van der Waals surface area contributed by atoms with Crippen LogP contribution in [0, 0.1) is 13.8 Å². The first-order valence-electron chi connectivity index (χ1n) is 8.57. The maximum absolute atomic E-state index is 10.4. The van der Waals surface area contributed by atoms with Crippen molar-refractivity contribution in [3.05, 3.63) is 75.4 Å². The molecule has 1 aliphatic carbocycles. The number of hydrogen-bond donors (Lipinski definition) is 1. The third-order valence-electron chi connectivity index (χ3n) is 5.57. The summed E-state index contributed by atoms with van der Waals surface area (Å²) in [6, 6.07) is 12.4. The first-order valence-corrected chi connectivity index (χ1v) is 8.57. The zero-order valence-corrected chi connectivity index (χ0v) is 15.5. The average Bonchev–Trinajstić information content (AvgIpc) is 2.73. The van der Waals surface area contributed by atoms with Crippen LogP contribution in [0.4, 0.5) is 0 Å². The summed E-state index contributed by atoms with van der Waals surface area (Å²) in [5.74, 6) is 0.653. The van der Waals surface area contributed by atoms with E-state index in [1.807, 2.05) is 6.07 Å². The Kier molecular flexibility index (Phi) is 4.13. The van der Waals surface area contributed by atoms with E-state index >= 15 is 0 Å². The molecule has 0 spiro atoms. The molecular weight excluding hydrogens is 292 g/mol. The Labute approximate surface area is 145 Å². The molecule has 0 fully saturated rings. The highest BCUT2D eigenvalue weighted by Gasteiger charge is 2.28. The predicted octanol–water partition coefficient (Wildman–Crippen LogP) is 6.45. The fraction of sp³-hybridized carbons (Fsp3) is 0.304. The second-order valence-corrected chi connectivity index (χ2v) is 7.16. The SMILES string of the molecule is CC1=C(C)C(c2cc(C)ccc2-c2cc(C)ccc2O)C(C)=C1C. The van der Waals surface area contributed by atoms with Crippen molar-refractivity contribution in [1.82, 2.24) is 0 Å². The molecule has 24 heavy (non-hydrogen) atoms. The van der Waals surface area contributed by atoms with Crippen LogP contribution in [-0.2, 0) is 0 Å². The van der Waals surface area contributed by atoms with E-state index in [1.165, 1.54) is 33.4 Å². The van der Waals surface area contributed by atoms with Gasteiger partial charge in [-0.25, -0.2) is 0 Å². The Morgan fingerprint density at radius 2 is 1.21 bits per heavy atom. The van der Waals surface area contributed by atoms with E-state index < -0.39 is 0 Å². The van der Waals surface area contributed by atoms with E-state index in [-0.39, 0.29) is 0 Å². The van der Waals surface area contributed by atoms with Gasteiger partial charge in [0.05, 0.1) is 0 Å². The Bertz CT molecular complexity index is 857. The molecule has 0 aromatic heterocycles. The topological polar surface area (TPSA) is 20.2 Å². The second kappa shape index (κ2) is 5.98. The number of benzene rings is 2. The zero-order valence-electron chi connectivity index (χ0n) is 15.5. The fourth-order valence-corrected chi connectivity index (χ4v) is 3.85. The zero-order chi connectivity index (χ0) is 17.6. The minimum atomic E-state index is 0.305. The van der Waals surface area contributed by atoms with E-state index in [4.69, 9.17) is 0 Å². The van der Waals surface area contributed by atoms with Crippen molar-refractivity contribution in [3.63, 3.8) is 0 Å². The summed E-state index contributed by atoms with van der Waals surface area (Å²) in [6.45, 7) is 13.1. The van der Waals surface area contributed by atoms with Gasteiger partial charge in [0.2, 0.25) is 0 Å². The summed E-state index contributed by atoms with van der Waals surface area (Å²) in [5.41, 5.74) is 11.4. The van der Waals surface area contributed by atoms with Crippen molar-refractivity contribution < 1.29 is 5.11 Å². The molecule has 0 unspecified atom stereocenters. The molecule has 2 aromatic rings. The van der Waals surface area contributed by atoms with Crippen LogP contribution >= 0.6 is 0 Å². The summed E-state index contributed by atoms with van der Waals surface area (Å²) in [4.78, 5) is 0. The van der Waals surface area contributed by atoms with Gasteiger partial charge in [-0.1, -0.05) is 46.5 Å². The van der Waals surface area contributed by atoms with Gasteiger partial charge in [0.15, 0.2) is 0 Å². The van der Waals surface area contributed by atoms with E-state index in [0.717, 1.165) is 16.7 Å². The van der Waals surface area contributed by atoms with E-state index in [9.17, 15) is 5.11 Å². The van der Waals surface area contributed by atoms with Gasteiger partial charge >= 0.3 is 0 Å². The molecule has 0 atom stereocenters. The largest absolute Gasteiger partial charge is 0.507 e. The molecule has 1 nitrogen and oxygen atoms in total. The maximum atomic E-state index is 10.4. The monoisotopic (exact) mass is 318 g/mol. The van der Waals surface area contributed by atoms with E-state index in [1.54, 1.807) is 6.07 Å². The van der Waals surface area contributed by atoms with Crippen molar-refractivity contribution in [2.45, 2.75) is 47.5 Å². The van der Waals surface area contributed by atoms with Crippen LogP contribution in [0.3, 0.4) is 0 Å². The van der Waals surface area contributed by atoms with Crippen LogP contribution in [0.25, 0.3) is 11.1 Å². The Morgan fingerprint density at radius 1 is 0.667 bits per heavy atom. The van der Waals surface area contributed by atoms with Gasteiger partial charge in [-0.05, 0) is 75.9 Å². The molecule has 1 N–H and O–H groups in total. The van der Waals surface area contributed by atoms with Crippen LogP contribution in [0.15, 0.2) is 58.7 Å². The summed E-state index contributed by atoms with van der Waals surface area (Å²) in [5, 5.41) is 10.4.